The molecule has 2 aromatic rings. The minimum Gasteiger partial charge on any atom is -0.619 e. The molecule has 98 valence electrons. The molecule has 0 aliphatic rings. The lowest BCUT2D eigenvalue weighted by Gasteiger charge is -2.08. The first-order chi connectivity index (χ1) is 9.08. The largest absolute Gasteiger partial charge is 0.619 e. The van der Waals surface area contributed by atoms with Crippen LogP contribution in [0.3, 0.4) is 0 Å². The fraction of sp³-hybridized carbons (Fsp3) is 0.154. The quantitative estimate of drug-likeness (QED) is 0.458. The van der Waals surface area contributed by atoms with Crippen molar-refractivity contribution < 1.29 is 23.8 Å². The van der Waals surface area contributed by atoms with E-state index >= 15 is 0 Å². The molecule has 6 nitrogen and oxygen atoms in total. The second kappa shape index (κ2) is 4.93. The maximum Gasteiger partial charge on any atom is 0.344 e. The minimum atomic E-state index is -0.688. The first-order valence-corrected chi connectivity index (χ1v) is 5.40. The van der Waals surface area contributed by atoms with Crippen molar-refractivity contribution >= 4 is 22.7 Å². The van der Waals surface area contributed by atoms with E-state index in [1.165, 1.54) is 26.5 Å². The van der Waals surface area contributed by atoms with E-state index < -0.39 is 11.9 Å². The molecule has 1 aromatic heterocycles. The lowest BCUT2D eigenvalue weighted by Crippen LogP contribution is -2.27. The molecule has 0 bridgehead atoms. The topological polar surface area (TPSA) is 79.5 Å². The summed E-state index contributed by atoms with van der Waals surface area (Å²) in [5, 5.41) is 12.3. The predicted octanol–water partition coefficient (Wildman–Crippen LogP) is 1.05. The van der Waals surface area contributed by atoms with Crippen LogP contribution in [0.5, 0.6) is 0 Å². The Morgan fingerprint density at radius 1 is 1.05 bits per heavy atom. The van der Waals surface area contributed by atoms with Crippen molar-refractivity contribution in [1.29, 1.82) is 0 Å². The molecule has 0 spiro atoms. The van der Waals surface area contributed by atoms with E-state index in [4.69, 9.17) is 0 Å². The summed E-state index contributed by atoms with van der Waals surface area (Å²) in [5.41, 5.74) is 0.233. The van der Waals surface area contributed by atoms with Crippen LogP contribution >= 0.6 is 0 Å². The van der Waals surface area contributed by atoms with Gasteiger partial charge in [0.15, 0.2) is 12.4 Å². The third kappa shape index (κ3) is 2.20. The number of rotatable bonds is 2. The van der Waals surface area contributed by atoms with Crippen molar-refractivity contribution in [2.45, 2.75) is 0 Å². The van der Waals surface area contributed by atoms with Gasteiger partial charge in [0.05, 0.1) is 19.8 Å². The van der Waals surface area contributed by atoms with Crippen molar-refractivity contribution in [2.24, 2.45) is 0 Å². The van der Waals surface area contributed by atoms with Crippen LogP contribution < -0.4 is 4.73 Å². The number of hydrogen-bond acceptors (Lipinski definition) is 5. The van der Waals surface area contributed by atoms with Gasteiger partial charge >= 0.3 is 11.9 Å². The highest BCUT2D eigenvalue weighted by molar-refractivity contribution is 6.12. The average Bonchev–Trinajstić information content (AvgIpc) is 2.43. The number of hydrogen-bond donors (Lipinski definition) is 0. The molecule has 0 radical (unpaired) electrons. The zero-order valence-corrected chi connectivity index (χ0v) is 10.4. The number of esters is 2. The summed E-state index contributed by atoms with van der Waals surface area (Å²) in [5.74, 6) is -1.27. The predicted molar refractivity (Wildman–Crippen MR) is 65.6 cm³/mol. The molecule has 0 saturated carbocycles. The van der Waals surface area contributed by atoms with E-state index in [0.29, 0.717) is 15.5 Å². The Morgan fingerprint density at radius 3 is 2.32 bits per heavy atom. The van der Waals surface area contributed by atoms with Gasteiger partial charge in [-0.3, -0.25) is 0 Å². The lowest BCUT2D eigenvalue weighted by molar-refractivity contribution is -0.604. The SMILES string of the molecule is COC(=O)c1cccc2c[n+]([O-])cc(C(=O)OC)c12. The van der Waals surface area contributed by atoms with Crippen LogP contribution in [-0.4, -0.2) is 26.2 Å². The number of ether oxygens (including phenoxy) is 2. The van der Waals surface area contributed by atoms with Gasteiger partial charge in [0.1, 0.15) is 5.56 Å². The maximum atomic E-state index is 11.7. The normalized spacial score (nSPS) is 10.2. The standard InChI is InChI=1S/C13H11NO5/c1-18-12(15)9-5-3-4-8-6-14(17)7-10(11(8)9)13(16)19-2/h3-7H,1-2H3. The summed E-state index contributed by atoms with van der Waals surface area (Å²) < 4.78 is 9.79. The molecule has 0 saturated heterocycles. The van der Waals surface area contributed by atoms with E-state index in [1.54, 1.807) is 12.1 Å². The van der Waals surface area contributed by atoms with Crippen molar-refractivity contribution in [2.75, 3.05) is 14.2 Å². The van der Waals surface area contributed by atoms with Gasteiger partial charge in [-0.15, -0.1) is 0 Å². The van der Waals surface area contributed by atoms with Gasteiger partial charge in [-0.2, -0.15) is 4.73 Å². The Labute approximate surface area is 108 Å². The molecule has 1 heterocycles. The first kappa shape index (κ1) is 12.8. The molecular weight excluding hydrogens is 250 g/mol. The van der Waals surface area contributed by atoms with Crippen LogP contribution in [0.1, 0.15) is 20.7 Å². The third-order valence-electron chi connectivity index (χ3n) is 2.70. The van der Waals surface area contributed by atoms with Gasteiger partial charge in [0, 0.05) is 10.8 Å². The third-order valence-corrected chi connectivity index (χ3v) is 2.70. The number of methoxy groups -OCH3 is 2. The number of benzene rings is 1. The van der Waals surface area contributed by atoms with Crippen LogP contribution in [0.25, 0.3) is 10.8 Å². The summed E-state index contributed by atoms with van der Waals surface area (Å²) in [6.07, 6.45) is 2.34. The van der Waals surface area contributed by atoms with Gasteiger partial charge in [0.2, 0.25) is 0 Å². The Morgan fingerprint density at radius 2 is 1.68 bits per heavy atom. The average molecular weight is 261 g/mol. The van der Waals surface area contributed by atoms with Gasteiger partial charge < -0.3 is 14.7 Å². The van der Waals surface area contributed by atoms with Gasteiger partial charge in [-0.05, 0) is 12.1 Å². The molecule has 0 aliphatic heterocycles. The summed E-state index contributed by atoms with van der Waals surface area (Å²) >= 11 is 0. The van der Waals surface area contributed by atoms with Crippen LogP contribution in [0, 0.1) is 5.21 Å². The van der Waals surface area contributed by atoms with E-state index in [1.807, 2.05) is 0 Å². The fourth-order valence-electron chi connectivity index (χ4n) is 1.89. The van der Waals surface area contributed by atoms with Crippen LogP contribution in [0.2, 0.25) is 0 Å². The van der Waals surface area contributed by atoms with Crippen molar-refractivity contribution in [3.8, 4) is 0 Å². The Hall–Kier alpha value is -2.63. The van der Waals surface area contributed by atoms with Crippen LogP contribution in [0.4, 0.5) is 0 Å². The Bertz CT molecular complexity index is 665. The van der Waals surface area contributed by atoms with Crippen LogP contribution in [0.15, 0.2) is 30.6 Å². The molecular formula is C13H11NO5. The molecule has 0 amide bonds. The molecule has 0 unspecified atom stereocenters. The van der Waals surface area contributed by atoms with Gasteiger partial charge in [-0.25, -0.2) is 9.59 Å². The van der Waals surface area contributed by atoms with Gasteiger partial charge in [-0.1, -0.05) is 6.07 Å². The number of fused-ring (bicyclic) bond motifs is 1. The van der Waals surface area contributed by atoms with E-state index in [9.17, 15) is 14.8 Å². The van der Waals surface area contributed by atoms with E-state index in [2.05, 4.69) is 9.47 Å². The van der Waals surface area contributed by atoms with E-state index in [0.717, 1.165) is 6.20 Å². The van der Waals surface area contributed by atoms with Gasteiger partial charge in [0.25, 0.3) is 0 Å². The summed E-state index contributed by atoms with van der Waals surface area (Å²) in [7, 11) is 2.45. The van der Waals surface area contributed by atoms with Crippen molar-refractivity contribution in [3.05, 3.63) is 46.9 Å². The second-order valence-electron chi connectivity index (χ2n) is 3.78. The Kier molecular flexibility index (Phi) is 3.33. The molecule has 1 aromatic carbocycles. The fourth-order valence-corrected chi connectivity index (χ4v) is 1.89. The highest BCUT2D eigenvalue weighted by atomic mass is 16.5. The molecule has 6 heteroatoms. The number of nitrogens with zero attached hydrogens (tertiary/aromatic N) is 1. The number of pyridine rings is 1. The lowest BCUT2D eigenvalue weighted by atomic mass is 10.0. The van der Waals surface area contributed by atoms with Crippen LogP contribution in [-0.2, 0) is 9.47 Å². The first-order valence-electron chi connectivity index (χ1n) is 5.40. The second-order valence-corrected chi connectivity index (χ2v) is 3.78. The van der Waals surface area contributed by atoms with Crippen molar-refractivity contribution in [1.82, 2.24) is 0 Å². The minimum absolute atomic E-state index is 0.0241. The van der Waals surface area contributed by atoms with Crippen molar-refractivity contribution in [3.63, 3.8) is 0 Å². The summed E-state index contributed by atoms with van der Waals surface area (Å²) in [6, 6.07) is 4.76. The zero-order valence-electron chi connectivity index (χ0n) is 10.4. The molecule has 2 rings (SSSR count). The molecule has 0 fully saturated rings. The number of carbonyl (C=O) groups is 2. The highest BCUT2D eigenvalue weighted by Gasteiger charge is 2.21. The summed E-state index contributed by atoms with van der Waals surface area (Å²) in [6.45, 7) is 0. The number of aromatic nitrogens is 1. The number of carbonyl (C=O) groups excluding carboxylic acids is 2. The van der Waals surface area contributed by atoms with E-state index in [-0.39, 0.29) is 11.1 Å². The smallest absolute Gasteiger partial charge is 0.344 e. The molecule has 0 N–H and O–H groups in total. The Balaban J connectivity index is 2.85. The molecule has 0 aliphatic carbocycles. The zero-order chi connectivity index (χ0) is 14.0. The molecule has 0 atom stereocenters. The summed E-state index contributed by atoms with van der Waals surface area (Å²) in [4.78, 5) is 23.4. The maximum absolute atomic E-state index is 11.7. The molecule has 19 heavy (non-hydrogen) atoms. The monoisotopic (exact) mass is 261 g/mol. The highest BCUT2D eigenvalue weighted by Crippen LogP contribution is 2.22.